The van der Waals surface area contributed by atoms with Crippen molar-refractivity contribution in [3.05, 3.63) is 12.7 Å². The highest BCUT2D eigenvalue weighted by atomic mass is 32.1. The van der Waals surface area contributed by atoms with Gasteiger partial charge in [-0.05, 0) is 19.3 Å². The molecule has 0 saturated carbocycles. The van der Waals surface area contributed by atoms with Gasteiger partial charge in [0.25, 0.3) is 0 Å². The summed E-state index contributed by atoms with van der Waals surface area (Å²) in [7, 11) is 0. The topological polar surface area (TPSA) is 17.1 Å². The molecule has 0 aliphatic rings. The zero-order valence-corrected chi connectivity index (χ0v) is 17.1. The van der Waals surface area contributed by atoms with Gasteiger partial charge in [0, 0.05) is 10.6 Å². The van der Waals surface area contributed by atoms with E-state index in [1.807, 2.05) is 6.08 Å². The van der Waals surface area contributed by atoms with Crippen LogP contribution in [-0.2, 0) is 15.9 Å². The number of hydrogen-bond donors (Lipinski definition) is 0. The van der Waals surface area contributed by atoms with Crippen LogP contribution in [0.2, 0.25) is 0 Å². The molecule has 0 bridgehead atoms. The van der Waals surface area contributed by atoms with Gasteiger partial charge < -0.3 is 0 Å². The molecule has 0 aliphatic heterocycles. The zero-order chi connectivity index (χ0) is 17.6. The Balaban J connectivity index is 2.95. The van der Waals surface area contributed by atoms with Crippen LogP contribution in [0, 0.1) is 0 Å². The maximum Gasteiger partial charge on any atom is 0.458 e. The highest BCUT2D eigenvalue weighted by molar-refractivity contribution is 7.65. The summed E-state index contributed by atoms with van der Waals surface area (Å²) in [5.74, 6) is 0.801. The molecular weight excluding hydrogens is 312 g/mol. The third-order valence-electron chi connectivity index (χ3n) is 4.89. The Kier molecular flexibility index (Phi) is 22.5. The van der Waals surface area contributed by atoms with Gasteiger partial charge >= 0.3 is 11.7 Å². The van der Waals surface area contributed by atoms with Crippen molar-refractivity contribution < 1.29 is 4.21 Å². The first kappa shape index (κ1) is 23.8. The van der Waals surface area contributed by atoms with E-state index in [2.05, 4.69) is 6.58 Å². The Bertz CT molecular complexity index is 226. The van der Waals surface area contributed by atoms with Crippen molar-refractivity contribution in [2.45, 2.75) is 122 Å². The van der Waals surface area contributed by atoms with E-state index in [0.717, 1.165) is 23.8 Å². The molecule has 0 aromatic carbocycles. The van der Waals surface area contributed by atoms with Crippen LogP contribution in [0.4, 0.5) is 0 Å². The van der Waals surface area contributed by atoms with Crippen molar-refractivity contribution in [3.8, 4) is 0 Å². The third-order valence-corrected chi connectivity index (χ3v) is 5.34. The fourth-order valence-electron chi connectivity index (χ4n) is 3.28. The number of rotatable bonds is 21. The molecule has 0 amide bonds. The Morgan fingerprint density at radius 2 is 0.792 bits per heavy atom. The first-order valence-electron chi connectivity index (χ1n) is 10.8. The molecule has 1 nitrogen and oxygen atoms in total. The fourth-order valence-corrected chi connectivity index (χ4v) is 3.60. The summed E-state index contributed by atoms with van der Waals surface area (Å²) in [5.41, 5.74) is 0. The van der Waals surface area contributed by atoms with Crippen molar-refractivity contribution in [1.82, 2.24) is 0 Å². The molecule has 0 N–H and O–H groups in total. The molecule has 0 aromatic rings. The monoisotopic (exact) mass is 355 g/mol. The van der Waals surface area contributed by atoms with E-state index in [1.54, 1.807) is 0 Å². The largest absolute Gasteiger partial charge is 0.458 e. The molecule has 142 valence electrons. The van der Waals surface area contributed by atoms with Crippen molar-refractivity contribution in [2.24, 2.45) is 0 Å². The molecule has 0 radical (unpaired) electrons. The van der Waals surface area contributed by atoms with Crippen molar-refractivity contribution in [3.63, 3.8) is 0 Å². The molecule has 0 spiro atoms. The molecule has 0 rings (SSSR count). The lowest BCUT2D eigenvalue weighted by Crippen LogP contribution is -1.85. The quantitative estimate of drug-likeness (QED) is 0.116. The van der Waals surface area contributed by atoms with Gasteiger partial charge in [0.05, 0.1) is 0 Å². The molecule has 0 atom stereocenters. The summed E-state index contributed by atoms with van der Waals surface area (Å²) in [4.78, 5) is 0. The Hall–Kier alpha value is -0.240. The second-order valence-corrected chi connectivity index (χ2v) is 7.91. The zero-order valence-electron chi connectivity index (χ0n) is 16.2. The Labute approximate surface area is 156 Å². The van der Waals surface area contributed by atoms with Gasteiger partial charge in [0.15, 0.2) is 0 Å². The Morgan fingerprint density at radius 3 is 1.08 bits per heavy atom. The van der Waals surface area contributed by atoms with Crippen LogP contribution in [0.1, 0.15) is 122 Å². The molecule has 0 heterocycles. The van der Waals surface area contributed by atoms with Gasteiger partial charge in [-0.15, -0.1) is 6.58 Å². The van der Waals surface area contributed by atoms with Crippen molar-refractivity contribution in [1.29, 1.82) is 0 Å². The Morgan fingerprint density at radius 1 is 0.500 bits per heavy atom. The smallest absolute Gasteiger partial charge is 0.103 e. The third kappa shape index (κ3) is 21.8. The van der Waals surface area contributed by atoms with Gasteiger partial charge in [-0.2, -0.15) is 0 Å². The minimum atomic E-state index is 0.739. The molecule has 0 aromatic heterocycles. The fraction of sp³-hybridized carbons (Fsp3) is 0.909. The van der Waals surface area contributed by atoms with E-state index >= 15 is 0 Å². The van der Waals surface area contributed by atoms with Crippen LogP contribution in [-0.4, -0.2) is 5.75 Å². The first-order valence-corrected chi connectivity index (χ1v) is 11.7. The first-order chi connectivity index (χ1) is 11.9. The molecular formula is C22H43OS+. The molecule has 24 heavy (non-hydrogen) atoms. The van der Waals surface area contributed by atoms with Crippen LogP contribution in [0.25, 0.3) is 0 Å². The van der Waals surface area contributed by atoms with E-state index in [0.29, 0.717) is 0 Å². The average Bonchev–Trinajstić information content (AvgIpc) is 2.60. The molecule has 2 heteroatoms. The lowest BCUT2D eigenvalue weighted by Gasteiger charge is -2.03. The van der Waals surface area contributed by atoms with Crippen LogP contribution >= 0.6 is 0 Å². The number of unbranched alkanes of at least 4 members (excludes halogenated alkanes) is 18. The minimum absolute atomic E-state index is 0.739. The van der Waals surface area contributed by atoms with Gasteiger partial charge in [0.2, 0.25) is 5.75 Å². The van der Waals surface area contributed by atoms with Crippen LogP contribution in [0.5, 0.6) is 0 Å². The molecule has 0 unspecified atom stereocenters. The summed E-state index contributed by atoms with van der Waals surface area (Å²) in [6, 6.07) is 0. The SMILES string of the molecule is C=CCCCCCCCCCCCCCCCCCCCC[S+]=O. The second kappa shape index (κ2) is 22.8. The second-order valence-electron chi connectivity index (χ2n) is 7.26. The maximum atomic E-state index is 10.2. The summed E-state index contributed by atoms with van der Waals surface area (Å²) in [5, 5.41) is 0. The maximum absolute atomic E-state index is 10.2. The normalized spacial score (nSPS) is 10.8. The average molecular weight is 356 g/mol. The van der Waals surface area contributed by atoms with E-state index in [1.165, 1.54) is 116 Å². The lowest BCUT2D eigenvalue weighted by atomic mass is 10.0. The van der Waals surface area contributed by atoms with Gasteiger partial charge in [0.1, 0.15) is 0 Å². The summed E-state index contributed by atoms with van der Waals surface area (Å²) >= 11 is 0.739. The standard InChI is InChI=1S/C22H43OS/c1-2-3-4-5-6-7-8-9-10-11-12-13-14-15-16-17-18-19-20-21-22-24-23/h2H,1,3-22H2/q+1. The highest BCUT2D eigenvalue weighted by Crippen LogP contribution is 2.14. The summed E-state index contributed by atoms with van der Waals surface area (Å²) in [6.07, 6.45) is 28.3. The van der Waals surface area contributed by atoms with Gasteiger partial charge in [-0.25, -0.2) is 0 Å². The number of allylic oxidation sites excluding steroid dienone is 1. The minimum Gasteiger partial charge on any atom is -0.103 e. The van der Waals surface area contributed by atoms with E-state index in [4.69, 9.17) is 0 Å². The van der Waals surface area contributed by atoms with Gasteiger partial charge in [-0.3, -0.25) is 0 Å². The summed E-state index contributed by atoms with van der Waals surface area (Å²) < 4.78 is 10.2. The van der Waals surface area contributed by atoms with Gasteiger partial charge in [-0.1, -0.05) is 102 Å². The lowest BCUT2D eigenvalue weighted by molar-refractivity contribution is 0.525. The van der Waals surface area contributed by atoms with Crippen molar-refractivity contribution in [2.75, 3.05) is 5.75 Å². The molecule has 0 fully saturated rings. The highest BCUT2D eigenvalue weighted by Gasteiger charge is 1.98. The summed E-state index contributed by atoms with van der Waals surface area (Å²) in [6.45, 7) is 3.77. The van der Waals surface area contributed by atoms with E-state index in [-0.39, 0.29) is 0 Å². The predicted molar refractivity (Wildman–Crippen MR) is 111 cm³/mol. The van der Waals surface area contributed by atoms with Crippen LogP contribution < -0.4 is 0 Å². The van der Waals surface area contributed by atoms with E-state index < -0.39 is 0 Å². The number of hydrogen-bond acceptors (Lipinski definition) is 1. The predicted octanol–water partition coefficient (Wildman–Crippen LogP) is 8.01. The van der Waals surface area contributed by atoms with Crippen LogP contribution in [0.3, 0.4) is 0 Å². The van der Waals surface area contributed by atoms with Crippen molar-refractivity contribution >= 4 is 11.7 Å². The van der Waals surface area contributed by atoms with Crippen LogP contribution in [0.15, 0.2) is 12.7 Å². The molecule has 0 saturated heterocycles. The molecule has 0 aliphatic carbocycles. The van der Waals surface area contributed by atoms with E-state index in [9.17, 15) is 4.21 Å².